The van der Waals surface area contributed by atoms with Crippen molar-refractivity contribution in [2.45, 2.75) is 32.3 Å². The summed E-state index contributed by atoms with van der Waals surface area (Å²) in [5.74, 6) is 0.463. The van der Waals surface area contributed by atoms with E-state index in [0.29, 0.717) is 19.6 Å². The van der Waals surface area contributed by atoms with E-state index in [4.69, 9.17) is 0 Å². The summed E-state index contributed by atoms with van der Waals surface area (Å²) in [5.41, 5.74) is -0.685. The predicted octanol–water partition coefficient (Wildman–Crippen LogP) is 0.268. The fraction of sp³-hybridized carbons (Fsp3) is 1.00. The van der Waals surface area contributed by atoms with Gasteiger partial charge in [-0.05, 0) is 13.3 Å². The molecule has 5 heteroatoms. The highest BCUT2D eigenvalue weighted by Crippen LogP contribution is 2.15. The molecule has 0 aromatic heterocycles. The molecule has 0 bridgehead atoms. The topological polar surface area (TPSA) is 57.6 Å². The van der Waals surface area contributed by atoms with Gasteiger partial charge in [0.2, 0.25) is 0 Å². The number of nitrogens with zero attached hydrogens (tertiary/aromatic N) is 1. The summed E-state index contributed by atoms with van der Waals surface area (Å²) in [6.45, 7) is 5.55. The molecule has 0 radical (unpaired) electrons. The van der Waals surface area contributed by atoms with Crippen LogP contribution in [0, 0.1) is 0 Å². The lowest BCUT2D eigenvalue weighted by Gasteiger charge is -2.33. The number of β-amino-alcohol motifs (C(OH)–C–C–N with tert-alkyl or cyclic N) is 1. The summed E-state index contributed by atoms with van der Waals surface area (Å²) in [6, 6.07) is 0. The molecule has 1 saturated heterocycles. The van der Waals surface area contributed by atoms with Crippen LogP contribution < -0.4 is 0 Å². The quantitative estimate of drug-likeness (QED) is 0.760. The lowest BCUT2D eigenvalue weighted by Crippen LogP contribution is -2.47. The van der Waals surface area contributed by atoms with Crippen molar-refractivity contribution < 1.29 is 13.5 Å². The lowest BCUT2D eigenvalue weighted by atomic mass is 10.00. The molecule has 1 N–H and O–H groups in total. The van der Waals surface area contributed by atoms with Gasteiger partial charge in [-0.2, -0.15) is 0 Å². The van der Waals surface area contributed by atoms with Crippen molar-refractivity contribution in [2.24, 2.45) is 0 Å². The van der Waals surface area contributed by atoms with E-state index in [1.54, 1.807) is 0 Å². The van der Waals surface area contributed by atoms with Crippen LogP contribution >= 0.6 is 0 Å². The maximum atomic E-state index is 11.2. The molecular formula is C10H21NO3S. The first-order chi connectivity index (χ1) is 6.85. The van der Waals surface area contributed by atoms with Crippen LogP contribution in [0.1, 0.15) is 26.7 Å². The van der Waals surface area contributed by atoms with Crippen LogP contribution in [0.3, 0.4) is 0 Å². The Bertz CT molecular complexity index is 284. The smallest absolute Gasteiger partial charge is 0.152 e. The Morgan fingerprint density at radius 3 is 2.33 bits per heavy atom. The summed E-state index contributed by atoms with van der Waals surface area (Å²) in [5, 5.41) is 10.0. The average molecular weight is 235 g/mol. The van der Waals surface area contributed by atoms with Gasteiger partial charge in [0.1, 0.15) is 0 Å². The summed E-state index contributed by atoms with van der Waals surface area (Å²) < 4.78 is 22.4. The summed E-state index contributed by atoms with van der Waals surface area (Å²) in [7, 11) is -2.81. The standard InChI is InChI=1S/C10H21NO3S/c1-3-4-10(2,12)9-11-5-7-15(13,14)8-6-11/h12H,3-9H2,1-2H3. The summed E-state index contributed by atoms with van der Waals surface area (Å²) in [6.07, 6.45) is 1.70. The largest absolute Gasteiger partial charge is 0.389 e. The van der Waals surface area contributed by atoms with Gasteiger partial charge < -0.3 is 5.11 Å². The van der Waals surface area contributed by atoms with E-state index in [2.05, 4.69) is 0 Å². The molecule has 15 heavy (non-hydrogen) atoms. The fourth-order valence-electron chi connectivity index (χ4n) is 2.01. The first kappa shape index (κ1) is 12.9. The molecule has 0 amide bonds. The Morgan fingerprint density at radius 1 is 1.33 bits per heavy atom. The van der Waals surface area contributed by atoms with Crippen molar-refractivity contribution in [2.75, 3.05) is 31.1 Å². The van der Waals surface area contributed by atoms with Crippen LogP contribution in [0.15, 0.2) is 0 Å². The number of sulfone groups is 1. The highest BCUT2D eigenvalue weighted by Gasteiger charge is 2.27. The second-order valence-electron chi connectivity index (χ2n) is 4.67. The third-order valence-electron chi connectivity index (χ3n) is 2.79. The van der Waals surface area contributed by atoms with Gasteiger partial charge in [-0.1, -0.05) is 13.3 Å². The molecule has 0 aromatic carbocycles. The van der Waals surface area contributed by atoms with E-state index < -0.39 is 15.4 Å². The van der Waals surface area contributed by atoms with E-state index >= 15 is 0 Å². The Morgan fingerprint density at radius 2 is 1.87 bits per heavy atom. The van der Waals surface area contributed by atoms with E-state index in [0.717, 1.165) is 12.8 Å². The van der Waals surface area contributed by atoms with Gasteiger partial charge >= 0.3 is 0 Å². The molecular weight excluding hydrogens is 214 g/mol. The maximum absolute atomic E-state index is 11.2. The van der Waals surface area contributed by atoms with E-state index in [9.17, 15) is 13.5 Å². The van der Waals surface area contributed by atoms with Crippen molar-refractivity contribution >= 4 is 9.84 Å². The van der Waals surface area contributed by atoms with Crippen LogP contribution in [0.5, 0.6) is 0 Å². The monoisotopic (exact) mass is 235 g/mol. The van der Waals surface area contributed by atoms with Gasteiger partial charge in [-0.25, -0.2) is 8.42 Å². The first-order valence-corrected chi connectivity index (χ1v) is 7.32. The zero-order chi connectivity index (χ0) is 11.5. The number of hydrogen-bond donors (Lipinski definition) is 1. The molecule has 1 unspecified atom stereocenters. The molecule has 1 rings (SSSR count). The second-order valence-corrected chi connectivity index (χ2v) is 6.98. The molecule has 1 fully saturated rings. The predicted molar refractivity (Wildman–Crippen MR) is 60.6 cm³/mol. The van der Waals surface area contributed by atoms with Crippen molar-refractivity contribution in [3.05, 3.63) is 0 Å². The summed E-state index contributed by atoms with van der Waals surface area (Å²) >= 11 is 0. The number of aliphatic hydroxyl groups is 1. The molecule has 1 aliphatic heterocycles. The zero-order valence-corrected chi connectivity index (χ0v) is 10.4. The second kappa shape index (κ2) is 4.80. The number of rotatable bonds is 4. The van der Waals surface area contributed by atoms with Gasteiger partial charge in [0.15, 0.2) is 9.84 Å². The third-order valence-corrected chi connectivity index (χ3v) is 4.40. The minimum Gasteiger partial charge on any atom is -0.389 e. The molecule has 0 aliphatic carbocycles. The molecule has 0 spiro atoms. The zero-order valence-electron chi connectivity index (χ0n) is 9.57. The van der Waals surface area contributed by atoms with Crippen molar-refractivity contribution in [1.82, 2.24) is 4.90 Å². The van der Waals surface area contributed by atoms with Crippen molar-refractivity contribution in [1.29, 1.82) is 0 Å². The van der Waals surface area contributed by atoms with Gasteiger partial charge in [-0.15, -0.1) is 0 Å². The molecule has 1 aliphatic rings. The van der Waals surface area contributed by atoms with Crippen molar-refractivity contribution in [3.63, 3.8) is 0 Å². The third kappa shape index (κ3) is 4.49. The minimum atomic E-state index is -2.81. The van der Waals surface area contributed by atoms with E-state index in [1.165, 1.54) is 0 Å². The SMILES string of the molecule is CCCC(C)(O)CN1CCS(=O)(=O)CC1. The molecule has 1 atom stereocenters. The molecule has 4 nitrogen and oxygen atoms in total. The molecule has 1 heterocycles. The number of hydrogen-bond acceptors (Lipinski definition) is 4. The van der Waals surface area contributed by atoms with Crippen LogP contribution in [0.25, 0.3) is 0 Å². The molecule has 90 valence electrons. The van der Waals surface area contributed by atoms with Crippen LogP contribution in [0.2, 0.25) is 0 Å². The highest BCUT2D eigenvalue weighted by atomic mass is 32.2. The first-order valence-electron chi connectivity index (χ1n) is 5.50. The fourth-order valence-corrected chi connectivity index (χ4v) is 3.28. The van der Waals surface area contributed by atoms with Gasteiger partial charge in [-0.3, -0.25) is 4.90 Å². The van der Waals surface area contributed by atoms with Gasteiger partial charge in [0.25, 0.3) is 0 Å². The maximum Gasteiger partial charge on any atom is 0.152 e. The minimum absolute atomic E-state index is 0.231. The summed E-state index contributed by atoms with van der Waals surface area (Å²) in [4.78, 5) is 2.04. The Hall–Kier alpha value is -0.130. The van der Waals surface area contributed by atoms with Crippen LogP contribution in [0.4, 0.5) is 0 Å². The molecule has 0 aromatic rings. The average Bonchev–Trinajstić information content (AvgIpc) is 2.08. The highest BCUT2D eigenvalue weighted by molar-refractivity contribution is 7.91. The van der Waals surface area contributed by atoms with Crippen LogP contribution in [-0.2, 0) is 9.84 Å². The lowest BCUT2D eigenvalue weighted by molar-refractivity contribution is 0.0140. The van der Waals surface area contributed by atoms with E-state index in [1.807, 2.05) is 18.7 Å². The Balaban J connectivity index is 2.42. The molecule has 0 saturated carbocycles. The van der Waals surface area contributed by atoms with Crippen molar-refractivity contribution in [3.8, 4) is 0 Å². The van der Waals surface area contributed by atoms with Gasteiger partial charge in [0, 0.05) is 19.6 Å². The Labute approximate surface area is 92.2 Å². The van der Waals surface area contributed by atoms with Gasteiger partial charge in [0.05, 0.1) is 17.1 Å². The Kier molecular flexibility index (Phi) is 4.14. The van der Waals surface area contributed by atoms with E-state index in [-0.39, 0.29) is 11.5 Å². The van der Waals surface area contributed by atoms with Crippen LogP contribution in [-0.4, -0.2) is 55.2 Å². The normalized spacial score (nSPS) is 26.1.